The molecule has 0 bridgehead atoms. The Bertz CT molecular complexity index is 566. The van der Waals surface area contributed by atoms with Gasteiger partial charge in [0.25, 0.3) is 0 Å². The van der Waals surface area contributed by atoms with Crippen molar-refractivity contribution in [1.29, 1.82) is 0 Å². The van der Waals surface area contributed by atoms with Gasteiger partial charge in [0.05, 0.1) is 0 Å². The van der Waals surface area contributed by atoms with E-state index in [4.69, 9.17) is 0 Å². The summed E-state index contributed by atoms with van der Waals surface area (Å²) in [5.41, 5.74) is 2.52. The third-order valence-corrected chi connectivity index (χ3v) is 3.22. The van der Waals surface area contributed by atoms with Gasteiger partial charge in [-0.05, 0) is 30.9 Å². The lowest BCUT2D eigenvalue weighted by Gasteiger charge is -2.09. The van der Waals surface area contributed by atoms with Gasteiger partial charge in [0.1, 0.15) is 5.82 Å². The molecule has 0 aliphatic heterocycles. The van der Waals surface area contributed by atoms with E-state index in [1.54, 1.807) is 6.20 Å². The Hall–Kier alpha value is -2.10. The maximum Gasteiger partial charge on any atom is 0.224 e. The number of aromatic nitrogens is 2. The molecule has 0 radical (unpaired) electrons. The van der Waals surface area contributed by atoms with Crippen LogP contribution in [0.2, 0.25) is 0 Å². The van der Waals surface area contributed by atoms with E-state index in [-0.39, 0.29) is 0 Å². The quantitative estimate of drug-likeness (QED) is 0.810. The van der Waals surface area contributed by atoms with Crippen molar-refractivity contribution in [2.75, 3.05) is 17.2 Å². The summed E-state index contributed by atoms with van der Waals surface area (Å²) in [5.74, 6) is 2.21. The van der Waals surface area contributed by atoms with Crippen LogP contribution in [-0.4, -0.2) is 16.5 Å². The summed E-state index contributed by atoms with van der Waals surface area (Å²) in [6.07, 6.45) is 2.90. The van der Waals surface area contributed by atoms with E-state index in [0.717, 1.165) is 25.3 Å². The fourth-order valence-electron chi connectivity index (χ4n) is 2.03. The molecule has 0 aliphatic rings. The minimum absolute atomic E-state index is 0.681. The van der Waals surface area contributed by atoms with E-state index in [0.29, 0.717) is 11.9 Å². The molecule has 2 N–H and O–H groups in total. The fraction of sp³-hybridized carbons (Fsp3) is 0.412. The molecular weight excluding hydrogens is 260 g/mol. The summed E-state index contributed by atoms with van der Waals surface area (Å²) >= 11 is 0. The molecule has 0 aliphatic carbocycles. The maximum absolute atomic E-state index is 4.47. The third-order valence-electron chi connectivity index (χ3n) is 3.22. The summed E-state index contributed by atoms with van der Waals surface area (Å²) < 4.78 is 0. The molecule has 1 aromatic heterocycles. The van der Waals surface area contributed by atoms with Gasteiger partial charge < -0.3 is 10.6 Å². The van der Waals surface area contributed by atoms with Crippen LogP contribution in [0.25, 0.3) is 0 Å². The van der Waals surface area contributed by atoms with Crippen LogP contribution in [0.15, 0.2) is 36.5 Å². The Labute approximate surface area is 127 Å². The normalized spacial score (nSPS) is 10.7. The molecule has 0 unspecified atom stereocenters. The van der Waals surface area contributed by atoms with E-state index < -0.39 is 0 Å². The molecule has 112 valence electrons. The lowest BCUT2D eigenvalue weighted by atomic mass is 10.1. The second-order valence-corrected chi connectivity index (χ2v) is 5.72. The molecule has 0 saturated heterocycles. The van der Waals surface area contributed by atoms with E-state index in [2.05, 4.69) is 65.6 Å². The molecular formula is C17H24N4. The van der Waals surface area contributed by atoms with E-state index in [1.807, 2.05) is 6.07 Å². The van der Waals surface area contributed by atoms with Crippen LogP contribution in [0.3, 0.4) is 0 Å². The fourth-order valence-corrected chi connectivity index (χ4v) is 2.03. The number of rotatable bonds is 7. The first kappa shape index (κ1) is 15.3. The predicted octanol–water partition coefficient (Wildman–Crippen LogP) is 3.86. The predicted molar refractivity (Wildman–Crippen MR) is 88.5 cm³/mol. The van der Waals surface area contributed by atoms with Crippen LogP contribution < -0.4 is 10.6 Å². The number of nitrogens with zero attached hydrogens (tertiary/aromatic N) is 2. The van der Waals surface area contributed by atoms with Crippen molar-refractivity contribution in [3.05, 3.63) is 47.7 Å². The monoisotopic (exact) mass is 284 g/mol. The Kier molecular flexibility index (Phi) is 5.55. The van der Waals surface area contributed by atoms with Crippen molar-refractivity contribution >= 4 is 11.8 Å². The summed E-state index contributed by atoms with van der Waals surface area (Å²) in [5, 5.41) is 6.60. The number of hydrogen-bond donors (Lipinski definition) is 2. The van der Waals surface area contributed by atoms with Crippen LogP contribution in [-0.2, 0) is 6.54 Å². The molecule has 4 heteroatoms. The van der Waals surface area contributed by atoms with Gasteiger partial charge in [-0.15, -0.1) is 0 Å². The highest BCUT2D eigenvalue weighted by atomic mass is 15.1. The lowest BCUT2D eigenvalue weighted by Crippen LogP contribution is -2.09. The summed E-state index contributed by atoms with van der Waals surface area (Å²) in [4.78, 5) is 8.72. The minimum atomic E-state index is 0.681. The van der Waals surface area contributed by atoms with Gasteiger partial charge in [-0.1, -0.05) is 43.7 Å². The maximum atomic E-state index is 4.47. The van der Waals surface area contributed by atoms with Gasteiger partial charge in [0.15, 0.2) is 0 Å². The van der Waals surface area contributed by atoms with Crippen LogP contribution in [0, 0.1) is 12.8 Å². The average molecular weight is 284 g/mol. The number of benzene rings is 1. The van der Waals surface area contributed by atoms with Crippen molar-refractivity contribution in [2.24, 2.45) is 5.92 Å². The largest absolute Gasteiger partial charge is 0.366 e. The molecule has 4 nitrogen and oxygen atoms in total. The SMILES string of the molecule is Cc1cccc(CNc2ccnc(NCCC(C)C)n2)c1. The van der Waals surface area contributed by atoms with Gasteiger partial charge in [-0.25, -0.2) is 4.98 Å². The van der Waals surface area contributed by atoms with Crippen LogP contribution in [0.1, 0.15) is 31.4 Å². The number of hydrogen-bond acceptors (Lipinski definition) is 4. The molecule has 0 atom stereocenters. The number of anilines is 2. The summed E-state index contributed by atoms with van der Waals surface area (Å²) in [6.45, 7) is 8.19. The Morgan fingerprint density at radius 1 is 1.14 bits per heavy atom. The molecule has 0 amide bonds. The van der Waals surface area contributed by atoms with Gasteiger partial charge >= 0.3 is 0 Å². The summed E-state index contributed by atoms with van der Waals surface area (Å²) in [6, 6.07) is 10.4. The van der Waals surface area contributed by atoms with Crippen LogP contribution >= 0.6 is 0 Å². The van der Waals surface area contributed by atoms with Gasteiger partial charge in [0.2, 0.25) is 5.95 Å². The molecule has 21 heavy (non-hydrogen) atoms. The molecule has 2 aromatic rings. The standard InChI is InChI=1S/C17H24N4/c1-13(2)7-9-18-17-19-10-8-16(21-17)20-12-15-6-4-5-14(3)11-15/h4-6,8,10-11,13H,7,9,12H2,1-3H3,(H2,18,19,20,21). The highest BCUT2D eigenvalue weighted by Crippen LogP contribution is 2.10. The van der Waals surface area contributed by atoms with E-state index in [9.17, 15) is 0 Å². The van der Waals surface area contributed by atoms with Gasteiger partial charge in [-0.2, -0.15) is 4.98 Å². The Morgan fingerprint density at radius 2 is 2.00 bits per heavy atom. The highest BCUT2D eigenvalue weighted by molar-refractivity contribution is 5.40. The summed E-state index contributed by atoms with van der Waals surface area (Å²) in [7, 11) is 0. The molecule has 0 fully saturated rings. The zero-order valence-corrected chi connectivity index (χ0v) is 13.1. The highest BCUT2D eigenvalue weighted by Gasteiger charge is 2.00. The molecule has 2 rings (SSSR count). The number of aryl methyl sites for hydroxylation is 1. The van der Waals surface area contributed by atoms with Crippen molar-refractivity contribution in [1.82, 2.24) is 9.97 Å². The minimum Gasteiger partial charge on any atom is -0.366 e. The molecule has 1 aromatic carbocycles. The zero-order valence-electron chi connectivity index (χ0n) is 13.1. The molecule has 0 saturated carbocycles. The lowest BCUT2D eigenvalue weighted by molar-refractivity contribution is 0.606. The molecule has 1 heterocycles. The van der Waals surface area contributed by atoms with Gasteiger partial charge in [-0.3, -0.25) is 0 Å². The van der Waals surface area contributed by atoms with Crippen molar-refractivity contribution < 1.29 is 0 Å². The molecule has 0 spiro atoms. The van der Waals surface area contributed by atoms with Gasteiger partial charge in [0, 0.05) is 19.3 Å². The second kappa shape index (κ2) is 7.62. The van der Waals surface area contributed by atoms with Crippen LogP contribution in [0.5, 0.6) is 0 Å². The first-order valence-electron chi connectivity index (χ1n) is 7.50. The van der Waals surface area contributed by atoms with E-state index in [1.165, 1.54) is 11.1 Å². The van der Waals surface area contributed by atoms with Crippen molar-refractivity contribution in [2.45, 2.75) is 33.7 Å². The first-order chi connectivity index (χ1) is 10.1. The van der Waals surface area contributed by atoms with E-state index >= 15 is 0 Å². The van der Waals surface area contributed by atoms with Crippen molar-refractivity contribution in [3.63, 3.8) is 0 Å². The van der Waals surface area contributed by atoms with Crippen LogP contribution in [0.4, 0.5) is 11.8 Å². The first-order valence-corrected chi connectivity index (χ1v) is 7.50. The third kappa shape index (κ3) is 5.42. The number of nitrogens with one attached hydrogen (secondary N) is 2. The topological polar surface area (TPSA) is 49.8 Å². The zero-order chi connectivity index (χ0) is 15.1. The second-order valence-electron chi connectivity index (χ2n) is 5.72. The smallest absolute Gasteiger partial charge is 0.224 e. The Balaban J connectivity index is 1.88. The van der Waals surface area contributed by atoms with Crippen molar-refractivity contribution in [3.8, 4) is 0 Å². The Morgan fingerprint density at radius 3 is 2.76 bits per heavy atom. The average Bonchev–Trinajstić information content (AvgIpc) is 2.45.